The van der Waals surface area contributed by atoms with Gasteiger partial charge in [0, 0.05) is 43.9 Å². The number of aromatic nitrogens is 1. The Hall–Kier alpha value is -2.73. The fourth-order valence-corrected chi connectivity index (χ4v) is 4.44. The Morgan fingerprint density at radius 3 is 2.47 bits per heavy atom. The van der Waals surface area contributed by atoms with Crippen LogP contribution in [0.3, 0.4) is 0 Å². The van der Waals surface area contributed by atoms with Crippen molar-refractivity contribution in [3.05, 3.63) is 100 Å². The zero-order chi connectivity index (χ0) is 22.3. The zero-order valence-corrected chi connectivity index (χ0v) is 19.0. The molecule has 0 bridgehead atoms. The van der Waals surface area contributed by atoms with Crippen LogP contribution < -0.4 is 0 Å². The first-order valence-corrected chi connectivity index (χ1v) is 11.4. The molecule has 1 aliphatic rings. The van der Waals surface area contributed by atoms with E-state index in [0.29, 0.717) is 18.7 Å². The number of carbonyl (C=O) groups is 1. The van der Waals surface area contributed by atoms with Gasteiger partial charge < -0.3 is 4.74 Å². The molecule has 0 spiro atoms. The average Bonchev–Trinajstić information content (AvgIpc) is 2.82. The maximum absolute atomic E-state index is 12.0. The molecular weight excluding hydrogens is 422 g/mol. The van der Waals surface area contributed by atoms with Crippen LogP contribution in [-0.4, -0.2) is 53.5 Å². The lowest BCUT2D eigenvalue weighted by Crippen LogP contribution is -2.47. The summed E-state index contributed by atoms with van der Waals surface area (Å²) in [7, 11) is 0. The van der Waals surface area contributed by atoms with E-state index < -0.39 is 0 Å². The van der Waals surface area contributed by atoms with Crippen LogP contribution in [-0.2, 0) is 11.3 Å². The van der Waals surface area contributed by atoms with Crippen LogP contribution in [0.15, 0.2) is 72.9 Å². The first-order chi connectivity index (χ1) is 15.6. The predicted octanol–water partition coefficient (Wildman–Crippen LogP) is 4.82. The second-order valence-corrected chi connectivity index (χ2v) is 8.37. The average molecular weight is 450 g/mol. The molecule has 1 saturated heterocycles. The molecule has 0 radical (unpaired) electrons. The Balaban J connectivity index is 1.45. The summed E-state index contributed by atoms with van der Waals surface area (Å²) < 4.78 is 5.11. The molecule has 1 fully saturated rings. The topological polar surface area (TPSA) is 45.7 Å². The third-order valence-corrected chi connectivity index (χ3v) is 6.00. The van der Waals surface area contributed by atoms with Crippen LogP contribution in [0.4, 0.5) is 0 Å². The number of esters is 1. The van der Waals surface area contributed by atoms with Crippen molar-refractivity contribution in [2.45, 2.75) is 19.5 Å². The molecule has 166 valence electrons. The standard InChI is InChI=1S/C26H28ClN3O2/c1-2-32-26(31)22-11-12-28-24(18-22)19-29-13-15-30(16-14-29)25(20-7-4-3-5-8-20)21-9-6-10-23(27)17-21/h3-12,17-18,25H,2,13-16,19H2,1H3. The molecule has 4 rings (SSSR count). The molecule has 5 nitrogen and oxygen atoms in total. The van der Waals surface area contributed by atoms with E-state index in [2.05, 4.69) is 51.2 Å². The van der Waals surface area contributed by atoms with Gasteiger partial charge in [0.2, 0.25) is 0 Å². The summed E-state index contributed by atoms with van der Waals surface area (Å²) in [5, 5.41) is 0.759. The maximum atomic E-state index is 12.0. The number of halogens is 1. The highest BCUT2D eigenvalue weighted by Crippen LogP contribution is 2.31. The first kappa shape index (κ1) is 22.5. The minimum Gasteiger partial charge on any atom is -0.462 e. The van der Waals surface area contributed by atoms with E-state index >= 15 is 0 Å². The first-order valence-electron chi connectivity index (χ1n) is 11.0. The van der Waals surface area contributed by atoms with Crippen molar-refractivity contribution in [2.75, 3.05) is 32.8 Å². The summed E-state index contributed by atoms with van der Waals surface area (Å²) in [5.41, 5.74) is 3.92. The Kier molecular flexibility index (Phi) is 7.53. The highest BCUT2D eigenvalue weighted by molar-refractivity contribution is 6.30. The van der Waals surface area contributed by atoms with Crippen LogP contribution in [0.1, 0.15) is 40.1 Å². The second kappa shape index (κ2) is 10.7. The van der Waals surface area contributed by atoms with Crippen LogP contribution in [0.2, 0.25) is 5.02 Å². The lowest BCUT2D eigenvalue weighted by molar-refractivity contribution is 0.0525. The monoisotopic (exact) mass is 449 g/mol. The highest BCUT2D eigenvalue weighted by Gasteiger charge is 2.26. The van der Waals surface area contributed by atoms with E-state index in [9.17, 15) is 4.79 Å². The number of rotatable bonds is 7. The van der Waals surface area contributed by atoms with Crippen molar-refractivity contribution in [2.24, 2.45) is 0 Å². The van der Waals surface area contributed by atoms with Gasteiger partial charge in [-0.15, -0.1) is 0 Å². The third kappa shape index (κ3) is 5.54. The van der Waals surface area contributed by atoms with Crippen molar-refractivity contribution >= 4 is 17.6 Å². The van der Waals surface area contributed by atoms with Gasteiger partial charge in [-0.1, -0.05) is 54.1 Å². The molecule has 1 aromatic heterocycles. The fourth-order valence-electron chi connectivity index (χ4n) is 4.24. The van der Waals surface area contributed by atoms with Crippen LogP contribution in [0, 0.1) is 0 Å². The minimum absolute atomic E-state index is 0.169. The van der Waals surface area contributed by atoms with Gasteiger partial charge in [-0.2, -0.15) is 0 Å². The van der Waals surface area contributed by atoms with Gasteiger partial charge in [-0.3, -0.25) is 14.8 Å². The molecule has 1 unspecified atom stereocenters. The molecule has 3 aromatic rings. The summed E-state index contributed by atoms with van der Waals surface area (Å²) in [6, 6.07) is 22.5. The van der Waals surface area contributed by atoms with E-state index in [1.165, 1.54) is 11.1 Å². The third-order valence-electron chi connectivity index (χ3n) is 5.77. The zero-order valence-electron chi connectivity index (χ0n) is 18.3. The summed E-state index contributed by atoms with van der Waals surface area (Å²) in [6.45, 7) is 6.62. The number of pyridine rings is 1. The summed E-state index contributed by atoms with van der Waals surface area (Å²) in [6.07, 6.45) is 1.68. The molecule has 1 atom stereocenters. The number of carbonyl (C=O) groups excluding carboxylic acids is 1. The Bertz CT molecular complexity index is 1040. The van der Waals surface area contributed by atoms with E-state index in [4.69, 9.17) is 16.3 Å². The van der Waals surface area contributed by atoms with Gasteiger partial charge in [0.25, 0.3) is 0 Å². The molecular formula is C26H28ClN3O2. The van der Waals surface area contributed by atoms with Gasteiger partial charge >= 0.3 is 5.97 Å². The van der Waals surface area contributed by atoms with Crippen molar-refractivity contribution in [3.63, 3.8) is 0 Å². The Morgan fingerprint density at radius 2 is 1.75 bits per heavy atom. The smallest absolute Gasteiger partial charge is 0.338 e. The lowest BCUT2D eigenvalue weighted by atomic mass is 9.96. The van der Waals surface area contributed by atoms with E-state index in [-0.39, 0.29) is 12.0 Å². The molecule has 2 aromatic carbocycles. The maximum Gasteiger partial charge on any atom is 0.338 e. The summed E-state index contributed by atoms with van der Waals surface area (Å²) in [4.78, 5) is 21.4. The van der Waals surface area contributed by atoms with Crippen molar-refractivity contribution in [1.29, 1.82) is 0 Å². The van der Waals surface area contributed by atoms with Crippen molar-refractivity contribution in [3.8, 4) is 0 Å². The predicted molar refractivity (Wildman–Crippen MR) is 127 cm³/mol. The number of hydrogen-bond acceptors (Lipinski definition) is 5. The van der Waals surface area contributed by atoms with Gasteiger partial charge in [0.1, 0.15) is 0 Å². The molecule has 0 amide bonds. The number of piperazine rings is 1. The highest BCUT2D eigenvalue weighted by atomic mass is 35.5. The molecule has 0 saturated carbocycles. The minimum atomic E-state index is -0.298. The normalized spacial score (nSPS) is 15.9. The molecule has 2 heterocycles. The van der Waals surface area contributed by atoms with Gasteiger partial charge in [-0.25, -0.2) is 4.79 Å². The van der Waals surface area contributed by atoms with Gasteiger partial charge in [0.05, 0.1) is 23.9 Å². The van der Waals surface area contributed by atoms with Gasteiger partial charge in [-0.05, 0) is 42.3 Å². The second-order valence-electron chi connectivity index (χ2n) is 7.94. The van der Waals surface area contributed by atoms with Crippen LogP contribution in [0.5, 0.6) is 0 Å². The Labute approximate surface area is 194 Å². The van der Waals surface area contributed by atoms with E-state index in [0.717, 1.165) is 36.9 Å². The van der Waals surface area contributed by atoms with Crippen LogP contribution in [0.25, 0.3) is 0 Å². The molecule has 1 aliphatic heterocycles. The molecule has 32 heavy (non-hydrogen) atoms. The van der Waals surface area contributed by atoms with Crippen molar-refractivity contribution in [1.82, 2.24) is 14.8 Å². The fraction of sp³-hybridized carbons (Fsp3) is 0.308. The van der Waals surface area contributed by atoms with E-state index in [1.54, 1.807) is 12.3 Å². The SMILES string of the molecule is CCOC(=O)c1ccnc(CN2CCN(C(c3ccccc3)c3cccc(Cl)c3)CC2)c1. The number of benzene rings is 2. The molecule has 6 heteroatoms. The summed E-state index contributed by atoms with van der Waals surface area (Å²) >= 11 is 6.32. The molecule has 0 aliphatic carbocycles. The number of hydrogen-bond donors (Lipinski definition) is 0. The largest absolute Gasteiger partial charge is 0.462 e. The Morgan fingerprint density at radius 1 is 1.00 bits per heavy atom. The van der Waals surface area contributed by atoms with Crippen molar-refractivity contribution < 1.29 is 9.53 Å². The summed E-state index contributed by atoms with van der Waals surface area (Å²) in [5.74, 6) is -0.298. The van der Waals surface area contributed by atoms with Crippen LogP contribution >= 0.6 is 11.6 Å². The molecule has 0 N–H and O–H groups in total. The van der Waals surface area contributed by atoms with Gasteiger partial charge in [0.15, 0.2) is 0 Å². The number of nitrogens with zero attached hydrogens (tertiary/aromatic N) is 3. The van der Waals surface area contributed by atoms with E-state index in [1.807, 2.05) is 31.2 Å². The lowest BCUT2D eigenvalue weighted by Gasteiger charge is -2.39. The number of ether oxygens (including phenoxy) is 1. The quantitative estimate of drug-likeness (QED) is 0.484.